The van der Waals surface area contributed by atoms with Crippen LogP contribution in [0.2, 0.25) is 0 Å². The standard InChI is InChI=1S/C8H14O2/c1-2-4-7-5-3-6-8(9)10-7/h2,7-9H,1,3-6H2/t7-,8?/m1/s1. The first-order valence-electron chi connectivity index (χ1n) is 3.77. The molecular weight excluding hydrogens is 128 g/mol. The summed E-state index contributed by atoms with van der Waals surface area (Å²) < 4.78 is 5.21. The van der Waals surface area contributed by atoms with Crippen LogP contribution in [0.25, 0.3) is 0 Å². The van der Waals surface area contributed by atoms with E-state index in [0.29, 0.717) is 0 Å². The monoisotopic (exact) mass is 142 g/mol. The lowest BCUT2D eigenvalue weighted by atomic mass is 10.1. The van der Waals surface area contributed by atoms with Crippen LogP contribution in [0.4, 0.5) is 0 Å². The average Bonchev–Trinajstić information content (AvgIpc) is 1.88. The van der Waals surface area contributed by atoms with Gasteiger partial charge in [0.1, 0.15) is 0 Å². The van der Waals surface area contributed by atoms with Crippen molar-refractivity contribution in [2.75, 3.05) is 0 Å². The maximum atomic E-state index is 9.05. The Bertz CT molecular complexity index is 112. The van der Waals surface area contributed by atoms with E-state index in [4.69, 9.17) is 9.84 Å². The molecular formula is C8H14O2. The quantitative estimate of drug-likeness (QED) is 0.591. The number of aliphatic hydroxyl groups is 1. The summed E-state index contributed by atoms with van der Waals surface area (Å²) in [5.41, 5.74) is 0. The van der Waals surface area contributed by atoms with E-state index in [1.165, 1.54) is 0 Å². The Labute approximate surface area is 61.5 Å². The van der Waals surface area contributed by atoms with Crippen LogP contribution in [0.15, 0.2) is 12.7 Å². The van der Waals surface area contributed by atoms with Crippen molar-refractivity contribution in [2.45, 2.75) is 38.1 Å². The first kappa shape index (κ1) is 7.76. The molecule has 0 bridgehead atoms. The van der Waals surface area contributed by atoms with Gasteiger partial charge >= 0.3 is 0 Å². The van der Waals surface area contributed by atoms with E-state index in [1.54, 1.807) is 0 Å². The van der Waals surface area contributed by atoms with Gasteiger partial charge < -0.3 is 9.84 Å². The molecule has 0 saturated carbocycles. The zero-order valence-electron chi connectivity index (χ0n) is 6.12. The molecule has 1 N–H and O–H groups in total. The van der Waals surface area contributed by atoms with Crippen LogP contribution in [0.1, 0.15) is 25.7 Å². The largest absolute Gasteiger partial charge is 0.368 e. The van der Waals surface area contributed by atoms with E-state index in [1.807, 2.05) is 6.08 Å². The van der Waals surface area contributed by atoms with Crippen LogP contribution in [0, 0.1) is 0 Å². The highest BCUT2D eigenvalue weighted by Gasteiger charge is 2.18. The zero-order chi connectivity index (χ0) is 7.40. The van der Waals surface area contributed by atoms with E-state index in [0.717, 1.165) is 25.7 Å². The SMILES string of the molecule is C=CC[C@@H]1CCCC(O)O1. The fourth-order valence-corrected chi connectivity index (χ4v) is 1.24. The highest BCUT2D eigenvalue weighted by molar-refractivity contribution is 4.75. The van der Waals surface area contributed by atoms with Crippen molar-refractivity contribution >= 4 is 0 Å². The molecule has 0 amide bonds. The van der Waals surface area contributed by atoms with E-state index in [2.05, 4.69) is 6.58 Å². The van der Waals surface area contributed by atoms with Crippen molar-refractivity contribution in [1.29, 1.82) is 0 Å². The van der Waals surface area contributed by atoms with Gasteiger partial charge in [-0.05, 0) is 25.7 Å². The van der Waals surface area contributed by atoms with Gasteiger partial charge in [-0.3, -0.25) is 0 Å². The molecule has 1 aliphatic rings. The first-order valence-corrected chi connectivity index (χ1v) is 3.77. The summed E-state index contributed by atoms with van der Waals surface area (Å²) in [6, 6.07) is 0. The minimum absolute atomic E-state index is 0.209. The second kappa shape index (κ2) is 3.74. The Hall–Kier alpha value is -0.340. The summed E-state index contributed by atoms with van der Waals surface area (Å²) in [6.45, 7) is 3.62. The molecule has 0 aromatic heterocycles. The number of aliphatic hydroxyl groups excluding tert-OH is 1. The lowest BCUT2D eigenvalue weighted by Crippen LogP contribution is -2.26. The van der Waals surface area contributed by atoms with Crippen molar-refractivity contribution in [2.24, 2.45) is 0 Å². The fraction of sp³-hybridized carbons (Fsp3) is 0.750. The number of hydrogen-bond acceptors (Lipinski definition) is 2. The van der Waals surface area contributed by atoms with Gasteiger partial charge in [-0.2, -0.15) is 0 Å². The molecule has 2 heteroatoms. The normalized spacial score (nSPS) is 33.7. The fourth-order valence-electron chi connectivity index (χ4n) is 1.24. The van der Waals surface area contributed by atoms with Gasteiger partial charge in [0.15, 0.2) is 6.29 Å². The summed E-state index contributed by atoms with van der Waals surface area (Å²) >= 11 is 0. The van der Waals surface area contributed by atoms with Gasteiger partial charge in [0.05, 0.1) is 6.10 Å². The average molecular weight is 142 g/mol. The van der Waals surface area contributed by atoms with E-state index < -0.39 is 6.29 Å². The molecule has 0 aromatic carbocycles. The molecule has 1 fully saturated rings. The molecule has 1 aliphatic heterocycles. The van der Waals surface area contributed by atoms with Gasteiger partial charge in [0, 0.05) is 0 Å². The predicted octanol–water partition coefficient (Wildman–Crippen LogP) is 1.45. The number of ether oxygens (including phenoxy) is 1. The van der Waals surface area contributed by atoms with E-state index in [-0.39, 0.29) is 6.10 Å². The second-order valence-electron chi connectivity index (χ2n) is 2.67. The zero-order valence-corrected chi connectivity index (χ0v) is 6.12. The van der Waals surface area contributed by atoms with Gasteiger partial charge in [-0.15, -0.1) is 6.58 Å². The third-order valence-electron chi connectivity index (χ3n) is 1.76. The van der Waals surface area contributed by atoms with Gasteiger partial charge in [-0.25, -0.2) is 0 Å². The van der Waals surface area contributed by atoms with Crippen molar-refractivity contribution in [3.05, 3.63) is 12.7 Å². The third-order valence-corrected chi connectivity index (χ3v) is 1.76. The molecule has 2 nitrogen and oxygen atoms in total. The molecule has 1 unspecified atom stereocenters. The van der Waals surface area contributed by atoms with Gasteiger partial charge in [-0.1, -0.05) is 6.08 Å². The van der Waals surface area contributed by atoms with Crippen LogP contribution in [0.5, 0.6) is 0 Å². The maximum Gasteiger partial charge on any atom is 0.154 e. The second-order valence-corrected chi connectivity index (χ2v) is 2.67. The van der Waals surface area contributed by atoms with Crippen molar-refractivity contribution in [1.82, 2.24) is 0 Å². The Kier molecular flexibility index (Phi) is 2.90. The summed E-state index contributed by atoms with van der Waals surface area (Å²) in [6.07, 6.45) is 5.29. The molecule has 0 aromatic rings. The van der Waals surface area contributed by atoms with Gasteiger partial charge in [0.2, 0.25) is 0 Å². The number of hydrogen-bond donors (Lipinski definition) is 1. The Balaban J connectivity index is 2.24. The maximum absolute atomic E-state index is 9.05. The van der Waals surface area contributed by atoms with Crippen LogP contribution in [0.3, 0.4) is 0 Å². The molecule has 10 heavy (non-hydrogen) atoms. The Morgan fingerprint density at radius 1 is 1.60 bits per heavy atom. The predicted molar refractivity (Wildman–Crippen MR) is 39.5 cm³/mol. The van der Waals surface area contributed by atoms with Crippen LogP contribution in [-0.4, -0.2) is 17.5 Å². The minimum Gasteiger partial charge on any atom is -0.368 e. The molecule has 0 radical (unpaired) electrons. The van der Waals surface area contributed by atoms with Crippen LogP contribution < -0.4 is 0 Å². The lowest BCUT2D eigenvalue weighted by Gasteiger charge is -2.25. The Morgan fingerprint density at radius 3 is 3.00 bits per heavy atom. The number of rotatable bonds is 2. The van der Waals surface area contributed by atoms with Crippen molar-refractivity contribution in [3.63, 3.8) is 0 Å². The highest BCUT2D eigenvalue weighted by Crippen LogP contribution is 2.19. The lowest BCUT2D eigenvalue weighted by molar-refractivity contribution is -0.161. The molecule has 2 atom stereocenters. The topological polar surface area (TPSA) is 29.5 Å². The van der Waals surface area contributed by atoms with Crippen LogP contribution in [-0.2, 0) is 4.74 Å². The minimum atomic E-state index is -0.529. The molecule has 58 valence electrons. The molecule has 1 heterocycles. The first-order chi connectivity index (χ1) is 4.83. The summed E-state index contributed by atoms with van der Waals surface area (Å²) in [5.74, 6) is 0. The van der Waals surface area contributed by atoms with E-state index in [9.17, 15) is 0 Å². The smallest absolute Gasteiger partial charge is 0.154 e. The van der Waals surface area contributed by atoms with E-state index >= 15 is 0 Å². The molecule has 1 rings (SSSR count). The molecule has 1 saturated heterocycles. The third kappa shape index (κ3) is 2.12. The summed E-state index contributed by atoms with van der Waals surface area (Å²) in [4.78, 5) is 0. The molecule has 0 spiro atoms. The van der Waals surface area contributed by atoms with Crippen LogP contribution >= 0.6 is 0 Å². The summed E-state index contributed by atoms with van der Waals surface area (Å²) in [5, 5.41) is 9.05. The van der Waals surface area contributed by atoms with Crippen molar-refractivity contribution < 1.29 is 9.84 Å². The highest BCUT2D eigenvalue weighted by atomic mass is 16.6. The van der Waals surface area contributed by atoms with Crippen molar-refractivity contribution in [3.8, 4) is 0 Å². The Morgan fingerprint density at radius 2 is 2.40 bits per heavy atom. The van der Waals surface area contributed by atoms with Gasteiger partial charge in [0.25, 0.3) is 0 Å². The summed E-state index contributed by atoms with van der Waals surface area (Å²) in [7, 11) is 0. The molecule has 0 aliphatic carbocycles.